The van der Waals surface area contributed by atoms with Gasteiger partial charge in [0.05, 0.1) is 30.4 Å². The molecular formula is C14H18N4O2. The lowest BCUT2D eigenvalue weighted by Gasteiger charge is -2.17. The third-order valence-electron chi connectivity index (χ3n) is 2.92. The molecule has 106 valence electrons. The molecule has 0 saturated heterocycles. The lowest BCUT2D eigenvalue weighted by atomic mass is 10.1. The van der Waals surface area contributed by atoms with Gasteiger partial charge in [-0.3, -0.25) is 0 Å². The fourth-order valence-corrected chi connectivity index (χ4v) is 1.96. The van der Waals surface area contributed by atoms with Crippen LogP contribution in [0.4, 0.5) is 11.4 Å². The Bertz CT molecular complexity index is 581. The molecule has 2 rings (SSSR count). The Labute approximate surface area is 117 Å². The van der Waals surface area contributed by atoms with E-state index in [2.05, 4.69) is 15.0 Å². The zero-order chi connectivity index (χ0) is 14.5. The van der Waals surface area contributed by atoms with Crippen LogP contribution in [0.15, 0.2) is 36.9 Å². The van der Waals surface area contributed by atoms with Crippen molar-refractivity contribution in [2.75, 3.05) is 18.2 Å². The molecule has 6 nitrogen and oxygen atoms in total. The van der Waals surface area contributed by atoms with E-state index >= 15 is 0 Å². The maximum atomic E-state index is 11.4. The van der Waals surface area contributed by atoms with Crippen molar-refractivity contribution in [2.45, 2.75) is 19.5 Å². The number of carbonyl (C=O) groups is 1. The first-order valence-corrected chi connectivity index (χ1v) is 6.30. The van der Waals surface area contributed by atoms with Gasteiger partial charge in [-0.25, -0.2) is 9.78 Å². The highest BCUT2D eigenvalue weighted by Gasteiger charge is 2.10. The van der Waals surface area contributed by atoms with Gasteiger partial charge in [-0.2, -0.15) is 0 Å². The molecule has 0 aliphatic carbocycles. The topological polar surface area (TPSA) is 82.2 Å². The van der Waals surface area contributed by atoms with Crippen LogP contribution in [0.5, 0.6) is 0 Å². The maximum Gasteiger partial charge on any atom is 0.337 e. The highest BCUT2D eigenvalue weighted by atomic mass is 16.5. The summed E-state index contributed by atoms with van der Waals surface area (Å²) in [6, 6.07) is 5.26. The maximum absolute atomic E-state index is 11.4. The summed E-state index contributed by atoms with van der Waals surface area (Å²) in [5, 5.41) is 3.31. The zero-order valence-corrected chi connectivity index (χ0v) is 11.5. The number of aromatic nitrogens is 2. The second kappa shape index (κ2) is 6.10. The van der Waals surface area contributed by atoms with Crippen LogP contribution >= 0.6 is 0 Å². The van der Waals surface area contributed by atoms with E-state index in [1.165, 1.54) is 7.11 Å². The standard InChI is InChI=1S/C14H18N4O2/c1-10(8-18-6-5-16-9-18)17-13-4-3-11(7-12(13)15)14(19)20-2/h3-7,9-10,17H,8,15H2,1-2H3. The number of nitrogen functional groups attached to an aromatic ring is 1. The highest BCUT2D eigenvalue weighted by Crippen LogP contribution is 2.21. The average molecular weight is 274 g/mol. The molecule has 20 heavy (non-hydrogen) atoms. The molecule has 1 atom stereocenters. The molecule has 0 aliphatic heterocycles. The number of benzene rings is 1. The van der Waals surface area contributed by atoms with E-state index in [9.17, 15) is 4.79 Å². The van der Waals surface area contributed by atoms with E-state index in [4.69, 9.17) is 5.73 Å². The van der Waals surface area contributed by atoms with Crippen LogP contribution in [0.2, 0.25) is 0 Å². The minimum absolute atomic E-state index is 0.176. The summed E-state index contributed by atoms with van der Waals surface area (Å²) in [5.74, 6) is -0.394. The van der Waals surface area contributed by atoms with E-state index in [0.717, 1.165) is 12.2 Å². The molecule has 0 spiro atoms. The monoisotopic (exact) mass is 274 g/mol. The summed E-state index contributed by atoms with van der Waals surface area (Å²) in [6.07, 6.45) is 5.41. The number of methoxy groups -OCH3 is 1. The van der Waals surface area contributed by atoms with E-state index in [-0.39, 0.29) is 6.04 Å². The summed E-state index contributed by atoms with van der Waals surface area (Å²) < 4.78 is 6.64. The minimum atomic E-state index is -0.394. The predicted octanol–water partition coefficient (Wildman–Crippen LogP) is 1.75. The van der Waals surface area contributed by atoms with E-state index < -0.39 is 5.97 Å². The number of hydrogen-bond donors (Lipinski definition) is 2. The van der Waals surface area contributed by atoms with Gasteiger partial charge >= 0.3 is 5.97 Å². The van der Waals surface area contributed by atoms with Gasteiger partial charge in [0.15, 0.2) is 0 Å². The second-order valence-electron chi connectivity index (χ2n) is 4.60. The zero-order valence-electron chi connectivity index (χ0n) is 11.5. The molecule has 0 amide bonds. The van der Waals surface area contributed by atoms with Gasteiger partial charge in [0.25, 0.3) is 0 Å². The summed E-state index contributed by atoms with van der Waals surface area (Å²) >= 11 is 0. The third kappa shape index (κ3) is 3.28. The van der Waals surface area contributed by atoms with Crippen LogP contribution in [-0.2, 0) is 11.3 Å². The fourth-order valence-electron chi connectivity index (χ4n) is 1.96. The number of nitrogens with zero attached hydrogens (tertiary/aromatic N) is 2. The summed E-state index contributed by atoms with van der Waals surface area (Å²) in [6.45, 7) is 2.83. The Hall–Kier alpha value is -2.50. The number of nitrogens with one attached hydrogen (secondary N) is 1. The van der Waals surface area contributed by atoms with E-state index in [1.54, 1.807) is 30.7 Å². The SMILES string of the molecule is COC(=O)c1ccc(NC(C)Cn2ccnc2)c(N)c1. The van der Waals surface area contributed by atoms with Gasteiger partial charge in [0, 0.05) is 25.0 Å². The lowest BCUT2D eigenvalue weighted by Crippen LogP contribution is -2.22. The Morgan fingerprint density at radius 1 is 1.55 bits per heavy atom. The van der Waals surface area contributed by atoms with Crippen LogP contribution in [-0.4, -0.2) is 28.7 Å². The van der Waals surface area contributed by atoms with Gasteiger partial charge in [-0.05, 0) is 25.1 Å². The number of nitrogens with two attached hydrogens (primary N) is 1. The number of hydrogen-bond acceptors (Lipinski definition) is 5. The van der Waals surface area contributed by atoms with Gasteiger partial charge in [-0.1, -0.05) is 0 Å². The Morgan fingerprint density at radius 2 is 2.35 bits per heavy atom. The number of ether oxygens (including phenoxy) is 1. The molecule has 0 aliphatic rings. The fraction of sp³-hybridized carbons (Fsp3) is 0.286. The molecule has 1 heterocycles. The summed E-state index contributed by atoms with van der Waals surface area (Å²) in [7, 11) is 1.35. The second-order valence-corrected chi connectivity index (χ2v) is 4.60. The van der Waals surface area contributed by atoms with Gasteiger partial charge in [-0.15, -0.1) is 0 Å². The van der Waals surface area contributed by atoms with Crippen molar-refractivity contribution in [1.82, 2.24) is 9.55 Å². The molecule has 2 aromatic rings. The summed E-state index contributed by atoms with van der Waals surface area (Å²) in [5.41, 5.74) is 7.70. The average Bonchev–Trinajstić information content (AvgIpc) is 2.93. The number of esters is 1. The molecular weight excluding hydrogens is 256 g/mol. The van der Waals surface area contributed by atoms with E-state index in [1.807, 2.05) is 17.7 Å². The number of rotatable bonds is 5. The number of carbonyl (C=O) groups excluding carboxylic acids is 1. The van der Waals surface area contributed by atoms with Gasteiger partial charge in [0.2, 0.25) is 0 Å². The molecule has 1 aromatic heterocycles. The van der Waals surface area contributed by atoms with E-state index in [0.29, 0.717) is 11.3 Å². The first-order chi connectivity index (χ1) is 9.60. The number of imidazole rings is 1. The Morgan fingerprint density at radius 3 is 2.95 bits per heavy atom. The van der Waals surface area contributed by atoms with Crippen LogP contribution in [0, 0.1) is 0 Å². The van der Waals surface area contributed by atoms with Crippen molar-refractivity contribution in [2.24, 2.45) is 0 Å². The quantitative estimate of drug-likeness (QED) is 0.641. The Kier molecular flexibility index (Phi) is 4.24. The highest BCUT2D eigenvalue weighted by molar-refractivity contribution is 5.91. The summed E-state index contributed by atoms with van der Waals surface area (Å²) in [4.78, 5) is 15.4. The van der Waals surface area contributed by atoms with Crippen LogP contribution in [0.1, 0.15) is 17.3 Å². The first-order valence-electron chi connectivity index (χ1n) is 6.30. The van der Waals surface area contributed by atoms with Gasteiger partial charge < -0.3 is 20.4 Å². The molecule has 1 aromatic carbocycles. The van der Waals surface area contributed by atoms with Crippen molar-refractivity contribution in [3.63, 3.8) is 0 Å². The van der Waals surface area contributed by atoms with Crippen LogP contribution in [0.3, 0.4) is 0 Å². The Balaban J connectivity index is 2.04. The van der Waals surface area contributed by atoms with Crippen molar-refractivity contribution >= 4 is 17.3 Å². The minimum Gasteiger partial charge on any atom is -0.465 e. The molecule has 0 bridgehead atoms. The largest absolute Gasteiger partial charge is 0.465 e. The molecule has 3 N–H and O–H groups in total. The van der Waals surface area contributed by atoms with Crippen molar-refractivity contribution < 1.29 is 9.53 Å². The van der Waals surface area contributed by atoms with Crippen LogP contribution < -0.4 is 11.1 Å². The van der Waals surface area contributed by atoms with Crippen molar-refractivity contribution in [1.29, 1.82) is 0 Å². The normalized spacial score (nSPS) is 11.9. The smallest absolute Gasteiger partial charge is 0.337 e. The van der Waals surface area contributed by atoms with Crippen molar-refractivity contribution in [3.05, 3.63) is 42.5 Å². The lowest BCUT2D eigenvalue weighted by molar-refractivity contribution is 0.0601. The molecule has 1 unspecified atom stereocenters. The molecule has 0 radical (unpaired) electrons. The third-order valence-corrected chi connectivity index (χ3v) is 2.92. The van der Waals surface area contributed by atoms with Crippen molar-refractivity contribution in [3.8, 4) is 0 Å². The first kappa shape index (κ1) is 13.9. The van der Waals surface area contributed by atoms with Gasteiger partial charge in [0.1, 0.15) is 0 Å². The predicted molar refractivity (Wildman–Crippen MR) is 77.5 cm³/mol. The number of anilines is 2. The molecule has 0 fully saturated rings. The van der Waals surface area contributed by atoms with Crippen LogP contribution in [0.25, 0.3) is 0 Å². The molecule has 0 saturated carbocycles. The molecule has 6 heteroatoms.